The van der Waals surface area contributed by atoms with Gasteiger partial charge in [0.1, 0.15) is 11.5 Å². The number of amides is 1. The second kappa shape index (κ2) is 8.71. The Morgan fingerprint density at radius 1 is 1.10 bits per heavy atom. The molecule has 0 bridgehead atoms. The molecule has 4 rings (SSSR count). The molecular formula is C24H25FN4O. The summed E-state index contributed by atoms with van der Waals surface area (Å²) in [7, 11) is 0. The highest BCUT2D eigenvalue weighted by atomic mass is 19.1. The maximum Gasteiger partial charge on any atom is 0.274 e. The molecule has 2 aromatic heterocycles. The Morgan fingerprint density at radius 2 is 1.93 bits per heavy atom. The fourth-order valence-corrected chi connectivity index (χ4v) is 4.34. The number of pyridine rings is 2. The summed E-state index contributed by atoms with van der Waals surface area (Å²) in [6, 6.07) is 13.5. The number of hydrogen-bond donors (Lipinski definition) is 2. The van der Waals surface area contributed by atoms with Crippen LogP contribution in [0.25, 0.3) is 11.3 Å². The molecule has 6 heteroatoms. The first kappa shape index (κ1) is 20.2. The van der Waals surface area contributed by atoms with Crippen molar-refractivity contribution in [2.75, 3.05) is 5.32 Å². The lowest BCUT2D eigenvalue weighted by atomic mass is 9.76. The van der Waals surface area contributed by atoms with Crippen molar-refractivity contribution in [1.82, 2.24) is 9.97 Å². The molecule has 154 valence electrons. The predicted octanol–water partition coefficient (Wildman–Crippen LogP) is 4.77. The van der Waals surface area contributed by atoms with Crippen LogP contribution in [0.3, 0.4) is 0 Å². The highest BCUT2D eigenvalue weighted by Gasteiger charge is 2.27. The molecule has 1 aromatic carbocycles. The van der Waals surface area contributed by atoms with Gasteiger partial charge in [-0.2, -0.15) is 0 Å². The van der Waals surface area contributed by atoms with Gasteiger partial charge in [0.15, 0.2) is 0 Å². The van der Waals surface area contributed by atoms with Crippen LogP contribution >= 0.6 is 0 Å². The first-order valence-electron chi connectivity index (χ1n) is 10.2. The van der Waals surface area contributed by atoms with E-state index in [-0.39, 0.29) is 29.4 Å². The Balaban J connectivity index is 1.58. The summed E-state index contributed by atoms with van der Waals surface area (Å²) in [6.45, 7) is 2.21. The Labute approximate surface area is 175 Å². The molecule has 0 unspecified atom stereocenters. The number of nitrogens with one attached hydrogen (secondary N) is 1. The van der Waals surface area contributed by atoms with Gasteiger partial charge in [-0.15, -0.1) is 0 Å². The first-order valence-corrected chi connectivity index (χ1v) is 10.2. The van der Waals surface area contributed by atoms with Gasteiger partial charge in [0.2, 0.25) is 0 Å². The number of hydrogen-bond acceptors (Lipinski definition) is 4. The number of nitrogens with two attached hydrogens (primary N) is 1. The van der Waals surface area contributed by atoms with Gasteiger partial charge in [-0.25, -0.2) is 9.37 Å². The monoisotopic (exact) mass is 404 g/mol. The van der Waals surface area contributed by atoms with E-state index >= 15 is 0 Å². The smallest absolute Gasteiger partial charge is 0.274 e. The Kier molecular flexibility index (Phi) is 5.86. The number of anilines is 1. The molecule has 1 aliphatic rings. The van der Waals surface area contributed by atoms with Crippen molar-refractivity contribution in [2.45, 2.75) is 38.1 Å². The summed E-state index contributed by atoms with van der Waals surface area (Å²) in [6.07, 6.45) is 6.35. The molecule has 30 heavy (non-hydrogen) atoms. The number of halogens is 1. The van der Waals surface area contributed by atoms with Crippen LogP contribution < -0.4 is 11.1 Å². The third-order valence-corrected chi connectivity index (χ3v) is 5.65. The number of aromatic nitrogens is 2. The van der Waals surface area contributed by atoms with Crippen LogP contribution in [0.2, 0.25) is 0 Å². The normalized spacial score (nSPS) is 21.2. The number of carbonyl (C=O) groups excluding carboxylic acids is 1. The molecule has 1 amide bonds. The average molecular weight is 404 g/mol. The van der Waals surface area contributed by atoms with Crippen LogP contribution in [0.5, 0.6) is 0 Å². The summed E-state index contributed by atoms with van der Waals surface area (Å²) < 4.78 is 14.1. The molecule has 0 spiro atoms. The molecule has 3 aromatic rings. The van der Waals surface area contributed by atoms with Crippen molar-refractivity contribution >= 4 is 11.6 Å². The highest BCUT2D eigenvalue weighted by Crippen LogP contribution is 2.38. The molecule has 2 heterocycles. The van der Waals surface area contributed by atoms with Gasteiger partial charge < -0.3 is 11.1 Å². The molecule has 0 radical (unpaired) electrons. The van der Waals surface area contributed by atoms with Crippen LogP contribution in [-0.2, 0) is 0 Å². The summed E-state index contributed by atoms with van der Waals surface area (Å²) in [5.74, 6) is 0.0878. The number of nitrogens with zero attached hydrogens (tertiary/aromatic N) is 2. The first-order chi connectivity index (χ1) is 14.5. The molecule has 0 saturated heterocycles. The third kappa shape index (κ3) is 4.39. The van der Waals surface area contributed by atoms with Crippen molar-refractivity contribution in [1.29, 1.82) is 0 Å². The van der Waals surface area contributed by atoms with Gasteiger partial charge in [-0.3, -0.25) is 9.78 Å². The van der Waals surface area contributed by atoms with Crippen molar-refractivity contribution in [3.63, 3.8) is 0 Å². The second-order valence-electron chi connectivity index (χ2n) is 8.07. The fraction of sp³-hybridized carbons (Fsp3) is 0.292. The molecule has 3 N–H and O–H groups in total. The largest absolute Gasteiger partial charge is 0.328 e. The van der Waals surface area contributed by atoms with Gasteiger partial charge in [-0.05, 0) is 67.0 Å². The van der Waals surface area contributed by atoms with Crippen LogP contribution in [0.4, 0.5) is 10.1 Å². The van der Waals surface area contributed by atoms with Gasteiger partial charge in [0.25, 0.3) is 5.91 Å². The zero-order chi connectivity index (χ0) is 21.1. The topological polar surface area (TPSA) is 80.9 Å². The van der Waals surface area contributed by atoms with E-state index in [1.807, 2.05) is 6.07 Å². The minimum absolute atomic E-state index is 0.162. The molecule has 1 aliphatic carbocycles. The standard InChI is InChI=1S/C24H25FN4O/c1-15-11-16(13-17(26)12-15)18-9-10-27-14-23(18)29-24(30)22-8-4-7-21(28-22)19-5-2-3-6-20(19)25/h2-10,14-17H,11-13,26H2,1H3,(H,29,30)/t15-,16+,17+/m0/s1. The minimum atomic E-state index is -0.375. The quantitative estimate of drug-likeness (QED) is 0.657. The van der Waals surface area contributed by atoms with Crippen LogP contribution in [0.1, 0.15) is 48.2 Å². The zero-order valence-electron chi connectivity index (χ0n) is 16.9. The highest BCUT2D eigenvalue weighted by molar-refractivity contribution is 6.03. The van der Waals surface area contributed by atoms with E-state index in [4.69, 9.17) is 5.73 Å². The van der Waals surface area contributed by atoms with E-state index in [0.717, 1.165) is 24.8 Å². The van der Waals surface area contributed by atoms with E-state index in [0.29, 0.717) is 22.9 Å². The lowest BCUT2D eigenvalue weighted by molar-refractivity contribution is 0.102. The SMILES string of the molecule is C[C@@H]1C[C@@H](N)C[C@H](c2ccncc2NC(=O)c2cccc(-c3ccccc3F)n2)C1. The van der Waals surface area contributed by atoms with E-state index in [1.165, 1.54) is 6.07 Å². The van der Waals surface area contributed by atoms with Crippen molar-refractivity contribution in [2.24, 2.45) is 11.7 Å². The number of benzene rings is 1. The van der Waals surface area contributed by atoms with Gasteiger partial charge >= 0.3 is 0 Å². The molecule has 1 fully saturated rings. The summed E-state index contributed by atoms with van der Waals surface area (Å²) in [5, 5.41) is 2.95. The molecular weight excluding hydrogens is 379 g/mol. The van der Waals surface area contributed by atoms with Gasteiger partial charge in [-0.1, -0.05) is 25.1 Å². The van der Waals surface area contributed by atoms with Crippen molar-refractivity contribution in [3.05, 3.63) is 78.0 Å². The Morgan fingerprint density at radius 3 is 2.73 bits per heavy atom. The molecule has 1 saturated carbocycles. The maximum atomic E-state index is 14.1. The summed E-state index contributed by atoms with van der Waals surface area (Å²) in [5.41, 5.74) is 8.95. The molecule has 5 nitrogen and oxygen atoms in total. The molecule has 3 atom stereocenters. The van der Waals surface area contributed by atoms with E-state index in [9.17, 15) is 9.18 Å². The van der Waals surface area contributed by atoms with E-state index in [2.05, 4.69) is 22.2 Å². The molecule has 0 aliphatic heterocycles. The Bertz CT molecular complexity index is 1040. The second-order valence-corrected chi connectivity index (χ2v) is 8.07. The van der Waals surface area contributed by atoms with Crippen molar-refractivity contribution < 1.29 is 9.18 Å². The van der Waals surface area contributed by atoms with Crippen molar-refractivity contribution in [3.8, 4) is 11.3 Å². The lowest BCUT2D eigenvalue weighted by Gasteiger charge is -2.32. The van der Waals surface area contributed by atoms with Crippen LogP contribution in [-0.4, -0.2) is 21.9 Å². The van der Waals surface area contributed by atoms with Crippen LogP contribution in [0.15, 0.2) is 60.9 Å². The van der Waals surface area contributed by atoms with E-state index in [1.54, 1.807) is 48.8 Å². The van der Waals surface area contributed by atoms with Crippen LogP contribution in [0, 0.1) is 11.7 Å². The summed E-state index contributed by atoms with van der Waals surface area (Å²) in [4.78, 5) is 21.5. The Hall–Kier alpha value is -3.12. The number of carbonyl (C=O) groups is 1. The summed E-state index contributed by atoms with van der Waals surface area (Å²) >= 11 is 0. The minimum Gasteiger partial charge on any atom is -0.328 e. The van der Waals surface area contributed by atoms with Gasteiger partial charge in [0.05, 0.1) is 17.6 Å². The maximum absolute atomic E-state index is 14.1. The lowest BCUT2D eigenvalue weighted by Crippen LogP contribution is -2.31. The zero-order valence-corrected chi connectivity index (χ0v) is 16.9. The third-order valence-electron chi connectivity index (χ3n) is 5.65. The van der Waals surface area contributed by atoms with E-state index < -0.39 is 0 Å². The average Bonchev–Trinajstić information content (AvgIpc) is 2.74. The fourth-order valence-electron chi connectivity index (χ4n) is 4.34. The number of rotatable bonds is 4. The van der Waals surface area contributed by atoms with Gasteiger partial charge in [0, 0.05) is 17.8 Å². The predicted molar refractivity (Wildman–Crippen MR) is 116 cm³/mol.